The van der Waals surface area contributed by atoms with Crippen molar-refractivity contribution in [3.8, 4) is 12.1 Å². The molecule has 0 saturated carbocycles. The summed E-state index contributed by atoms with van der Waals surface area (Å²) >= 11 is 0. The third kappa shape index (κ3) is 4.68. The van der Waals surface area contributed by atoms with Crippen LogP contribution in [0.2, 0.25) is 0 Å². The SMILES string of the molecule is N#CCCN(Cc1cccnc1)Cc1ccnc(C#N)c1. The molecule has 0 aliphatic carbocycles. The van der Waals surface area contributed by atoms with Crippen molar-refractivity contribution in [3.63, 3.8) is 0 Å². The minimum Gasteiger partial charge on any atom is -0.294 e. The minimum atomic E-state index is 0.411. The quantitative estimate of drug-likeness (QED) is 0.809. The molecule has 0 radical (unpaired) electrons. The van der Waals surface area contributed by atoms with E-state index in [1.807, 2.05) is 30.5 Å². The molecule has 0 N–H and O–H groups in total. The van der Waals surface area contributed by atoms with E-state index in [9.17, 15) is 0 Å². The van der Waals surface area contributed by atoms with Crippen LogP contribution in [0.5, 0.6) is 0 Å². The Labute approximate surface area is 124 Å². The van der Waals surface area contributed by atoms with Crippen molar-refractivity contribution in [2.75, 3.05) is 6.54 Å². The summed E-state index contributed by atoms with van der Waals surface area (Å²) in [6.07, 6.45) is 5.68. The molecule has 0 fully saturated rings. The summed E-state index contributed by atoms with van der Waals surface area (Å²) < 4.78 is 0. The fourth-order valence-corrected chi connectivity index (χ4v) is 2.06. The van der Waals surface area contributed by atoms with Gasteiger partial charge in [0.1, 0.15) is 11.8 Å². The van der Waals surface area contributed by atoms with Crippen molar-refractivity contribution < 1.29 is 0 Å². The zero-order valence-corrected chi connectivity index (χ0v) is 11.6. The van der Waals surface area contributed by atoms with Crippen LogP contribution in [0.25, 0.3) is 0 Å². The number of hydrogen-bond donors (Lipinski definition) is 0. The van der Waals surface area contributed by atoms with Gasteiger partial charge in [0.15, 0.2) is 0 Å². The largest absolute Gasteiger partial charge is 0.294 e. The summed E-state index contributed by atoms with van der Waals surface area (Å²) in [5, 5.41) is 17.7. The first-order valence-corrected chi connectivity index (χ1v) is 6.65. The number of hydrogen-bond acceptors (Lipinski definition) is 5. The summed E-state index contributed by atoms with van der Waals surface area (Å²) in [5.74, 6) is 0. The van der Waals surface area contributed by atoms with E-state index in [1.165, 1.54) is 0 Å². The van der Waals surface area contributed by atoms with Crippen LogP contribution in [0.4, 0.5) is 0 Å². The highest BCUT2D eigenvalue weighted by Gasteiger charge is 2.08. The number of pyridine rings is 2. The van der Waals surface area contributed by atoms with Crippen LogP contribution in [0.3, 0.4) is 0 Å². The zero-order valence-electron chi connectivity index (χ0n) is 11.6. The van der Waals surface area contributed by atoms with Crippen molar-refractivity contribution in [2.24, 2.45) is 0 Å². The van der Waals surface area contributed by atoms with E-state index < -0.39 is 0 Å². The molecular formula is C16H15N5. The first kappa shape index (κ1) is 14.6. The Kier molecular flexibility index (Phi) is 5.40. The fraction of sp³-hybridized carbons (Fsp3) is 0.250. The molecule has 2 aromatic rings. The van der Waals surface area contributed by atoms with Crippen LogP contribution >= 0.6 is 0 Å². The standard InChI is InChI=1S/C16H15N5/c17-5-2-8-21(13-15-3-1-6-19-11-15)12-14-4-7-20-16(9-14)10-18/h1,3-4,6-7,9,11H,2,8,12-13H2. The molecule has 21 heavy (non-hydrogen) atoms. The van der Waals surface area contributed by atoms with Crippen LogP contribution < -0.4 is 0 Å². The fourth-order valence-electron chi connectivity index (χ4n) is 2.06. The molecule has 0 spiro atoms. The van der Waals surface area contributed by atoms with E-state index in [1.54, 1.807) is 18.5 Å². The van der Waals surface area contributed by atoms with Crippen molar-refractivity contribution in [2.45, 2.75) is 19.5 Å². The summed E-state index contributed by atoms with van der Waals surface area (Å²) in [5.41, 5.74) is 2.53. The predicted molar refractivity (Wildman–Crippen MR) is 77.5 cm³/mol. The van der Waals surface area contributed by atoms with Crippen molar-refractivity contribution >= 4 is 0 Å². The number of aromatic nitrogens is 2. The van der Waals surface area contributed by atoms with E-state index in [0.717, 1.165) is 17.7 Å². The van der Waals surface area contributed by atoms with Gasteiger partial charge in [-0.25, -0.2) is 4.98 Å². The van der Waals surface area contributed by atoms with Crippen molar-refractivity contribution in [3.05, 3.63) is 59.7 Å². The molecule has 2 heterocycles. The van der Waals surface area contributed by atoms with Gasteiger partial charge in [-0.05, 0) is 29.3 Å². The Morgan fingerprint density at radius 2 is 1.95 bits per heavy atom. The van der Waals surface area contributed by atoms with Crippen molar-refractivity contribution in [1.29, 1.82) is 10.5 Å². The van der Waals surface area contributed by atoms with Gasteiger partial charge >= 0.3 is 0 Å². The molecule has 2 rings (SSSR count). The van der Waals surface area contributed by atoms with Crippen LogP contribution in [-0.4, -0.2) is 21.4 Å². The van der Waals surface area contributed by atoms with Crippen LogP contribution in [0.1, 0.15) is 23.2 Å². The highest BCUT2D eigenvalue weighted by Crippen LogP contribution is 2.10. The van der Waals surface area contributed by atoms with E-state index in [-0.39, 0.29) is 0 Å². The minimum absolute atomic E-state index is 0.411. The smallest absolute Gasteiger partial charge is 0.140 e. The Bertz CT molecular complexity index is 654. The molecule has 104 valence electrons. The topological polar surface area (TPSA) is 76.6 Å². The van der Waals surface area contributed by atoms with E-state index in [0.29, 0.717) is 25.2 Å². The molecule has 0 bridgehead atoms. The molecule has 2 aromatic heterocycles. The molecule has 0 amide bonds. The number of nitriles is 2. The molecule has 0 aromatic carbocycles. The second kappa shape index (κ2) is 7.74. The van der Waals surface area contributed by atoms with Gasteiger partial charge in [-0.2, -0.15) is 10.5 Å². The maximum atomic E-state index is 8.90. The highest BCUT2D eigenvalue weighted by atomic mass is 15.1. The second-order valence-electron chi connectivity index (χ2n) is 4.64. The predicted octanol–water partition coefficient (Wildman–Crippen LogP) is 2.26. The Balaban J connectivity index is 2.09. The van der Waals surface area contributed by atoms with Gasteiger partial charge in [0.2, 0.25) is 0 Å². The van der Waals surface area contributed by atoms with E-state index >= 15 is 0 Å². The summed E-state index contributed by atoms with van der Waals surface area (Å²) in [7, 11) is 0. The molecular weight excluding hydrogens is 262 g/mol. The molecule has 5 heteroatoms. The lowest BCUT2D eigenvalue weighted by Gasteiger charge is -2.21. The molecule has 0 aliphatic rings. The lowest BCUT2D eigenvalue weighted by atomic mass is 10.2. The normalized spacial score (nSPS) is 10.0. The van der Waals surface area contributed by atoms with Crippen LogP contribution in [0.15, 0.2) is 42.9 Å². The van der Waals surface area contributed by atoms with Gasteiger partial charge in [-0.1, -0.05) is 6.07 Å². The van der Waals surface area contributed by atoms with Gasteiger partial charge in [0.25, 0.3) is 0 Å². The van der Waals surface area contributed by atoms with E-state index in [4.69, 9.17) is 10.5 Å². The first-order chi connectivity index (χ1) is 10.3. The molecule has 5 nitrogen and oxygen atoms in total. The van der Waals surface area contributed by atoms with Gasteiger partial charge in [0, 0.05) is 44.6 Å². The lowest BCUT2D eigenvalue weighted by molar-refractivity contribution is 0.262. The third-order valence-electron chi connectivity index (χ3n) is 3.01. The average Bonchev–Trinajstić information content (AvgIpc) is 2.54. The zero-order chi connectivity index (χ0) is 14.9. The Morgan fingerprint density at radius 1 is 1.10 bits per heavy atom. The monoisotopic (exact) mass is 277 g/mol. The maximum Gasteiger partial charge on any atom is 0.140 e. The summed E-state index contributed by atoms with van der Waals surface area (Å²) in [4.78, 5) is 10.2. The Morgan fingerprint density at radius 3 is 2.67 bits per heavy atom. The average molecular weight is 277 g/mol. The van der Waals surface area contributed by atoms with Gasteiger partial charge in [-0.15, -0.1) is 0 Å². The van der Waals surface area contributed by atoms with Crippen molar-refractivity contribution in [1.82, 2.24) is 14.9 Å². The summed E-state index contributed by atoms with van der Waals surface area (Å²) in [6, 6.07) is 11.8. The first-order valence-electron chi connectivity index (χ1n) is 6.65. The maximum absolute atomic E-state index is 8.90. The van der Waals surface area contributed by atoms with Crippen LogP contribution in [-0.2, 0) is 13.1 Å². The lowest BCUT2D eigenvalue weighted by Crippen LogP contribution is -2.24. The summed E-state index contributed by atoms with van der Waals surface area (Å²) in [6.45, 7) is 2.07. The number of rotatable bonds is 6. The van der Waals surface area contributed by atoms with Gasteiger partial charge in [0.05, 0.1) is 6.07 Å². The third-order valence-corrected chi connectivity index (χ3v) is 3.01. The molecule has 0 saturated heterocycles. The number of nitrogens with zero attached hydrogens (tertiary/aromatic N) is 5. The van der Waals surface area contributed by atoms with E-state index in [2.05, 4.69) is 20.9 Å². The molecule has 0 unspecified atom stereocenters. The molecule has 0 atom stereocenters. The highest BCUT2D eigenvalue weighted by molar-refractivity contribution is 5.25. The Hall–Kier alpha value is -2.76. The second-order valence-corrected chi connectivity index (χ2v) is 4.64. The van der Waals surface area contributed by atoms with Crippen LogP contribution in [0, 0.1) is 22.7 Å². The van der Waals surface area contributed by atoms with Gasteiger partial charge in [-0.3, -0.25) is 9.88 Å². The van der Waals surface area contributed by atoms with Gasteiger partial charge < -0.3 is 0 Å². The molecule has 0 aliphatic heterocycles.